The van der Waals surface area contributed by atoms with Crippen LogP contribution in [0.1, 0.15) is 32.1 Å². The van der Waals surface area contributed by atoms with Gasteiger partial charge in [0.25, 0.3) is 0 Å². The molecule has 0 aliphatic carbocycles. The number of unbranched alkanes of at least 4 members (excludes halogenated alkanes) is 2. The van der Waals surface area contributed by atoms with Crippen molar-refractivity contribution in [3.8, 4) is 0 Å². The summed E-state index contributed by atoms with van der Waals surface area (Å²) < 4.78 is 0. The Morgan fingerprint density at radius 3 is 1.16 bits per heavy atom. The van der Waals surface area contributed by atoms with E-state index < -0.39 is 23.9 Å². The first-order valence-electron chi connectivity index (χ1n) is 5.33. The third-order valence-electron chi connectivity index (χ3n) is 1.65. The lowest BCUT2D eigenvalue weighted by atomic mass is 10.1. The zero-order chi connectivity index (χ0) is 15.3. The van der Waals surface area contributed by atoms with E-state index in [0.717, 1.165) is 0 Å². The first kappa shape index (κ1) is 19.0. The molecule has 0 saturated heterocycles. The smallest absolute Gasteiger partial charge is 0.328 e. The fourth-order valence-electron chi connectivity index (χ4n) is 0.872. The maximum absolute atomic E-state index is 9.98. The molecule has 0 aromatic carbocycles. The summed E-state index contributed by atoms with van der Waals surface area (Å²) in [6.07, 6.45) is 3.22. The van der Waals surface area contributed by atoms with Gasteiger partial charge in [0.15, 0.2) is 0 Å². The van der Waals surface area contributed by atoms with Crippen LogP contribution < -0.4 is 0 Å². The van der Waals surface area contributed by atoms with Gasteiger partial charge in [-0.15, -0.1) is 0 Å². The minimum atomic E-state index is -1.26. The number of carbonyl (C=O) groups is 4. The molecule has 0 amide bonds. The number of hydrogen-bond donors (Lipinski definition) is 4. The summed E-state index contributed by atoms with van der Waals surface area (Å²) in [6.45, 7) is 0. The van der Waals surface area contributed by atoms with Crippen molar-refractivity contribution in [2.75, 3.05) is 0 Å². The normalized spacial score (nSPS) is 9.47. The van der Waals surface area contributed by atoms with E-state index in [9.17, 15) is 19.2 Å². The monoisotopic (exact) mass is 276 g/mol. The van der Waals surface area contributed by atoms with E-state index in [1.807, 2.05) is 0 Å². The highest BCUT2D eigenvalue weighted by atomic mass is 16.4. The second-order valence-corrected chi connectivity index (χ2v) is 3.36. The van der Waals surface area contributed by atoms with Crippen LogP contribution in [0.3, 0.4) is 0 Å². The van der Waals surface area contributed by atoms with E-state index in [2.05, 4.69) is 0 Å². The SMILES string of the molecule is O=C(O)/C=C\C(=O)O.O=C(O)CCCCCC(=O)O. The molecular formula is C11H16O8. The van der Waals surface area contributed by atoms with Gasteiger partial charge in [0.2, 0.25) is 0 Å². The second kappa shape index (κ2) is 12.1. The largest absolute Gasteiger partial charge is 0.481 e. The Morgan fingerprint density at radius 1 is 0.632 bits per heavy atom. The molecule has 0 aromatic rings. The molecule has 0 spiro atoms. The molecule has 0 aliphatic rings. The zero-order valence-electron chi connectivity index (χ0n) is 10.1. The summed E-state index contributed by atoms with van der Waals surface area (Å²) in [5, 5.41) is 32.0. The van der Waals surface area contributed by atoms with Gasteiger partial charge in [0, 0.05) is 25.0 Å². The molecule has 0 atom stereocenters. The molecular weight excluding hydrogens is 260 g/mol. The van der Waals surface area contributed by atoms with Gasteiger partial charge in [-0.25, -0.2) is 9.59 Å². The maximum Gasteiger partial charge on any atom is 0.328 e. The Balaban J connectivity index is 0. The quantitative estimate of drug-likeness (QED) is 0.376. The van der Waals surface area contributed by atoms with Gasteiger partial charge >= 0.3 is 23.9 Å². The fourth-order valence-corrected chi connectivity index (χ4v) is 0.872. The van der Waals surface area contributed by atoms with E-state index in [4.69, 9.17) is 20.4 Å². The summed E-state index contributed by atoms with van der Waals surface area (Å²) >= 11 is 0. The highest BCUT2D eigenvalue weighted by Crippen LogP contribution is 2.02. The van der Waals surface area contributed by atoms with Crippen LogP contribution in [0.5, 0.6) is 0 Å². The summed E-state index contributed by atoms with van der Waals surface area (Å²) in [6, 6.07) is 0. The van der Waals surface area contributed by atoms with E-state index in [0.29, 0.717) is 31.4 Å². The average molecular weight is 276 g/mol. The first-order valence-corrected chi connectivity index (χ1v) is 5.33. The topological polar surface area (TPSA) is 149 Å². The standard InChI is InChI=1S/C7H12O4.C4H4O4/c8-6(9)4-2-1-3-5-7(10)11;5-3(6)1-2-4(7)8/h1-5H2,(H,8,9)(H,10,11);1-2H,(H,5,6)(H,7,8)/b;2-1-. The minimum absolute atomic E-state index is 0.139. The molecule has 8 heteroatoms. The van der Waals surface area contributed by atoms with Gasteiger partial charge in [0.05, 0.1) is 0 Å². The van der Waals surface area contributed by atoms with Crippen LogP contribution in [0, 0.1) is 0 Å². The predicted molar refractivity (Wildman–Crippen MR) is 62.8 cm³/mol. The van der Waals surface area contributed by atoms with Crippen LogP contribution in [0.25, 0.3) is 0 Å². The molecule has 0 unspecified atom stereocenters. The van der Waals surface area contributed by atoms with Crippen molar-refractivity contribution < 1.29 is 39.6 Å². The molecule has 8 nitrogen and oxygen atoms in total. The maximum atomic E-state index is 9.98. The number of carboxylic acid groups (broad SMARTS) is 4. The van der Waals surface area contributed by atoms with Crippen LogP contribution in [-0.2, 0) is 19.2 Å². The Kier molecular flexibility index (Phi) is 12.1. The van der Waals surface area contributed by atoms with Crippen LogP contribution in [0.15, 0.2) is 12.2 Å². The van der Waals surface area contributed by atoms with Crippen molar-refractivity contribution in [2.24, 2.45) is 0 Å². The van der Waals surface area contributed by atoms with Crippen LogP contribution >= 0.6 is 0 Å². The van der Waals surface area contributed by atoms with Gasteiger partial charge in [-0.3, -0.25) is 9.59 Å². The molecule has 0 radical (unpaired) electrons. The molecule has 108 valence electrons. The average Bonchev–Trinajstić information content (AvgIpc) is 2.26. The number of hydrogen-bond acceptors (Lipinski definition) is 4. The lowest BCUT2D eigenvalue weighted by molar-refractivity contribution is -0.137. The van der Waals surface area contributed by atoms with Crippen molar-refractivity contribution in [2.45, 2.75) is 32.1 Å². The molecule has 0 aromatic heterocycles. The molecule has 19 heavy (non-hydrogen) atoms. The summed E-state index contributed by atoms with van der Waals surface area (Å²) in [5.74, 6) is -4.15. The lowest BCUT2D eigenvalue weighted by Crippen LogP contribution is -1.96. The van der Waals surface area contributed by atoms with Crippen LogP contribution in [0.2, 0.25) is 0 Å². The molecule has 0 bridgehead atoms. The fraction of sp³-hybridized carbons (Fsp3) is 0.455. The van der Waals surface area contributed by atoms with Gasteiger partial charge in [0.1, 0.15) is 0 Å². The highest BCUT2D eigenvalue weighted by molar-refractivity contribution is 5.89. The lowest BCUT2D eigenvalue weighted by Gasteiger charge is -1.94. The molecule has 0 saturated carbocycles. The van der Waals surface area contributed by atoms with Gasteiger partial charge in [-0.05, 0) is 12.8 Å². The summed E-state index contributed by atoms with van der Waals surface area (Å²) in [5.41, 5.74) is 0. The Hall–Kier alpha value is -2.38. The molecule has 0 rings (SSSR count). The van der Waals surface area contributed by atoms with Crippen molar-refractivity contribution in [1.82, 2.24) is 0 Å². The van der Waals surface area contributed by atoms with Crippen molar-refractivity contribution in [3.63, 3.8) is 0 Å². The van der Waals surface area contributed by atoms with E-state index in [-0.39, 0.29) is 12.8 Å². The van der Waals surface area contributed by atoms with Crippen LogP contribution in [0.4, 0.5) is 0 Å². The molecule has 0 heterocycles. The number of rotatable bonds is 8. The molecule has 0 fully saturated rings. The van der Waals surface area contributed by atoms with Gasteiger partial charge < -0.3 is 20.4 Å². The molecule has 0 aliphatic heterocycles. The number of aliphatic carboxylic acids is 4. The van der Waals surface area contributed by atoms with E-state index in [1.165, 1.54) is 0 Å². The minimum Gasteiger partial charge on any atom is -0.481 e. The van der Waals surface area contributed by atoms with Crippen molar-refractivity contribution >= 4 is 23.9 Å². The third-order valence-corrected chi connectivity index (χ3v) is 1.65. The molecule has 4 N–H and O–H groups in total. The van der Waals surface area contributed by atoms with Crippen molar-refractivity contribution in [3.05, 3.63) is 12.2 Å². The predicted octanol–water partition coefficient (Wildman–Crippen LogP) is 0.818. The summed E-state index contributed by atoms with van der Waals surface area (Å²) in [7, 11) is 0. The second-order valence-electron chi connectivity index (χ2n) is 3.36. The van der Waals surface area contributed by atoms with Crippen molar-refractivity contribution in [1.29, 1.82) is 0 Å². The van der Waals surface area contributed by atoms with Crippen LogP contribution in [-0.4, -0.2) is 44.3 Å². The Morgan fingerprint density at radius 2 is 0.947 bits per heavy atom. The van der Waals surface area contributed by atoms with E-state index >= 15 is 0 Å². The van der Waals surface area contributed by atoms with Gasteiger partial charge in [-0.1, -0.05) is 6.42 Å². The highest BCUT2D eigenvalue weighted by Gasteiger charge is 1.98. The first-order chi connectivity index (χ1) is 8.75. The third kappa shape index (κ3) is 25.7. The van der Waals surface area contributed by atoms with Gasteiger partial charge in [-0.2, -0.15) is 0 Å². The Bertz CT molecular complexity index is 313. The van der Waals surface area contributed by atoms with E-state index in [1.54, 1.807) is 0 Å². The number of carboxylic acids is 4. The Labute approximate surface area is 109 Å². The zero-order valence-corrected chi connectivity index (χ0v) is 10.1. The summed E-state index contributed by atoms with van der Waals surface area (Å²) in [4.78, 5) is 39.1.